The standard InChI is InChI=1S/C14H15NO2/c1-10-8-11(4-2-3-7-16)14-12(9-10)13(17)5-6-15-14/h8-9,15-16H,3,5-7H2,1H3. The molecule has 3 heteroatoms. The van der Waals surface area contributed by atoms with Crippen molar-refractivity contribution in [1.82, 2.24) is 0 Å². The zero-order chi connectivity index (χ0) is 12.3. The summed E-state index contributed by atoms with van der Waals surface area (Å²) >= 11 is 0. The zero-order valence-corrected chi connectivity index (χ0v) is 9.84. The number of hydrogen-bond donors (Lipinski definition) is 2. The van der Waals surface area contributed by atoms with Crippen LogP contribution < -0.4 is 5.32 Å². The maximum Gasteiger partial charge on any atom is 0.166 e. The van der Waals surface area contributed by atoms with Crippen LogP contribution in [0.3, 0.4) is 0 Å². The van der Waals surface area contributed by atoms with Crippen LogP contribution in [0.15, 0.2) is 12.1 Å². The van der Waals surface area contributed by atoms with E-state index in [2.05, 4.69) is 17.2 Å². The molecule has 0 unspecified atom stereocenters. The molecule has 1 aliphatic rings. The van der Waals surface area contributed by atoms with Crippen molar-refractivity contribution in [2.75, 3.05) is 18.5 Å². The van der Waals surface area contributed by atoms with Gasteiger partial charge in [-0.3, -0.25) is 4.79 Å². The zero-order valence-electron chi connectivity index (χ0n) is 9.84. The van der Waals surface area contributed by atoms with Gasteiger partial charge in [-0.15, -0.1) is 0 Å². The Morgan fingerprint density at radius 2 is 2.29 bits per heavy atom. The van der Waals surface area contributed by atoms with Gasteiger partial charge >= 0.3 is 0 Å². The molecule has 0 saturated carbocycles. The molecule has 88 valence electrons. The number of Topliss-reactive ketones (excluding diaryl/α,β-unsaturated/α-hetero) is 1. The van der Waals surface area contributed by atoms with Crippen molar-refractivity contribution in [3.05, 3.63) is 28.8 Å². The van der Waals surface area contributed by atoms with Crippen molar-refractivity contribution in [3.63, 3.8) is 0 Å². The van der Waals surface area contributed by atoms with Gasteiger partial charge in [0.15, 0.2) is 5.78 Å². The average molecular weight is 229 g/mol. The Hall–Kier alpha value is -1.79. The highest BCUT2D eigenvalue weighted by Crippen LogP contribution is 2.27. The fourth-order valence-corrected chi connectivity index (χ4v) is 1.94. The molecule has 0 fully saturated rings. The van der Waals surface area contributed by atoms with Gasteiger partial charge in [0, 0.05) is 30.5 Å². The van der Waals surface area contributed by atoms with Gasteiger partial charge in [0.25, 0.3) is 0 Å². The number of anilines is 1. The predicted octanol–water partition coefficient (Wildman–Crippen LogP) is 1.73. The second-order valence-electron chi connectivity index (χ2n) is 4.11. The number of aryl methyl sites for hydroxylation is 1. The lowest BCUT2D eigenvalue weighted by Crippen LogP contribution is -2.19. The van der Waals surface area contributed by atoms with E-state index in [0.29, 0.717) is 19.4 Å². The molecule has 0 amide bonds. The maximum absolute atomic E-state index is 11.8. The number of fused-ring (bicyclic) bond motifs is 1. The van der Waals surface area contributed by atoms with E-state index in [1.165, 1.54) is 0 Å². The Kier molecular flexibility index (Phi) is 3.46. The number of rotatable bonds is 1. The number of aliphatic hydroxyl groups is 1. The van der Waals surface area contributed by atoms with Gasteiger partial charge in [-0.05, 0) is 24.6 Å². The van der Waals surface area contributed by atoms with Gasteiger partial charge < -0.3 is 10.4 Å². The highest BCUT2D eigenvalue weighted by atomic mass is 16.2. The monoisotopic (exact) mass is 229 g/mol. The number of ketones is 1. The van der Waals surface area contributed by atoms with E-state index in [1.54, 1.807) is 0 Å². The molecular formula is C14H15NO2. The molecule has 0 radical (unpaired) electrons. The third-order valence-electron chi connectivity index (χ3n) is 2.70. The summed E-state index contributed by atoms with van der Waals surface area (Å²) in [5, 5.41) is 11.9. The molecule has 1 aliphatic heterocycles. The quantitative estimate of drug-likeness (QED) is 0.721. The smallest absolute Gasteiger partial charge is 0.166 e. The van der Waals surface area contributed by atoms with Gasteiger partial charge in [-0.25, -0.2) is 0 Å². The topological polar surface area (TPSA) is 49.3 Å². The highest BCUT2D eigenvalue weighted by Gasteiger charge is 2.19. The van der Waals surface area contributed by atoms with E-state index < -0.39 is 0 Å². The number of nitrogens with one attached hydrogen (secondary N) is 1. The van der Waals surface area contributed by atoms with E-state index in [1.807, 2.05) is 19.1 Å². The first-order chi connectivity index (χ1) is 8.22. The largest absolute Gasteiger partial charge is 0.395 e. The summed E-state index contributed by atoms with van der Waals surface area (Å²) in [4.78, 5) is 11.8. The summed E-state index contributed by atoms with van der Waals surface area (Å²) in [6, 6.07) is 3.87. The molecule has 0 atom stereocenters. The van der Waals surface area contributed by atoms with Gasteiger partial charge in [0.2, 0.25) is 0 Å². The van der Waals surface area contributed by atoms with Crippen LogP contribution in [0.25, 0.3) is 0 Å². The highest BCUT2D eigenvalue weighted by molar-refractivity contribution is 6.04. The van der Waals surface area contributed by atoms with Crippen LogP contribution in [0, 0.1) is 18.8 Å². The molecule has 0 spiro atoms. The lowest BCUT2D eigenvalue weighted by Gasteiger charge is -2.19. The molecule has 17 heavy (non-hydrogen) atoms. The summed E-state index contributed by atoms with van der Waals surface area (Å²) < 4.78 is 0. The fourth-order valence-electron chi connectivity index (χ4n) is 1.94. The van der Waals surface area contributed by atoms with Crippen LogP contribution in [0.1, 0.15) is 34.3 Å². The first kappa shape index (κ1) is 11.7. The third-order valence-corrected chi connectivity index (χ3v) is 2.70. The second-order valence-corrected chi connectivity index (χ2v) is 4.11. The number of carbonyl (C=O) groups is 1. The summed E-state index contributed by atoms with van der Waals surface area (Å²) in [5.74, 6) is 6.08. The van der Waals surface area contributed by atoms with E-state index >= 15 is 0 Å². The first-order valence-corrected chi connectivity index (χ1v) is 5.74. The molecule has 0 saturated heterocycles. The normalized spacial score (nSPS) is 13.4. The molecular weight excluding hydrogens is 214 g/mol. The lowest BCUT2D eigenvalue weighted by atomic mass is 9.96. The Bertz CT molecular complexity index is 509. The van der Waals surface area contributed by atoms with Crippen LogP contribution in [0.5, 0.6) is 0 Å². The molecule has 1 aromatic carbocycles. The van der Waals surface area contributed by atoms with Gasteiger partial charge in [-0.2, -0.15) is 0 Å². The minimum atomic E-state index is 0.0629. The average Bonchev–Trinajstić information content (AvgIpc) is 2.31. The third kappa shape index (κ3) is 2.48. The first-order valence-electron chi connectivity index (χ1n) is 5.74. The van der Waals surface area contributed by atoms with Crippen molar-refractivity contribution in [2.24, 2.45) is 0 Å². The molecule has 1 aromatic rings. The predicted molar refractivity (Wildman–Crippen MR) is 67.2 cm³/mol. The van der Waals surface area contributed by atoms with E-state index in [-0.39, 0.29) is 12.4 Å². The molecule has 0 aliphatic carbocycles. The number of carbonyl (C=O) groups excluding carboxylic acids is 1. The Balaban J connectivity index is 2.46. The summed E-state index contributed by atoms with van der Waals surface area (Å²) in [5.41, 5.74) is 3.47. The van der Waals surface area contributed by atoms with E-state index in [0.717, 1.165) is 22.4 Å². The van der Waals surface area contributed by atoms with Crippen LogP contribution in [0.4, 0.5) is 5.69 Å². The molecule has 1 heterocycles. The van der Waals surface area contributed by atoms with Crippen molar-refractivity contribution in [3.8, 4) is 11.8 Å². The molecule has 2 N–H and O–H groups in total. The SMILES string of the molecule is Cc1cc(C#CCCO)c2c(c1)C(=O)CCN2. The Morgan fingerprint density at radius 3 is 3.06 bits per heavy atom. The summed E-state index contributed by atoms with van der Waals surface area (Å²) in [6.07, 6.45) is 0.997. The molecule has 0 bridgehead atoms. The maximum atomic E-state index is 11.8. The van der Waals surface area contributed by atoms with Crippen LogP contribution in [-0.4, -0.2) is 24.0 Å². The summed E-state index contributed by atoms with van der Waals surface area (Å²) in [6.45, 7) is 2.69. The summed E-state index contributed by atoms with van der Waals surface area (Å²) in [7, 11) is 0. The number of hydrogen-bond acceptors (Lipinski definition) is 3. The Labute approximate surface area is 101 Å². The van der Waals surface area contributed by atoms with Crippen LogP contribution in [0.2, 0.25) is 0 Å². The molecule has 2 rings (SSSR count). The molecule has 3 nitrogen and oxygen atoms in total. The van der Waals surface area contributed by atoms with Gasteiger partial charge in [0.1, 0.15) is 0 Å². The number of benzene rings is 1. The minimum Gasteiger partial charge on any atom is -0.395 e. The number of aliphatic hydroxyl groups excluding tert-OH is 1. The lowest BCUT2D eigenvalue weighted by molar-refractivity contribution is 0.0983. The van der Waals surface area contributed by atoms with Crippen molar-refractivity contribution in [2.45, 2.75) is 19.8 Å². The Morgan fingerprint density at radius 1 is 1.47 bits per heavy atom. The van der Waals surface area contributed by atoms with Crippen molar-refractivity contribution >= 4 is 11.5 Å². The van der Waals surface area contributed by atoms with Crippen molar-refractivity contribution < 1.29 is 9.90 Å². The van der Waals surface area contributed by atoms with Gasteiger partial charge in [-0.1, -0.05) is 11.8 Å². The second kappa shape index (κ2) is 5.03. The van der Waals surface area contributed by atoms with Crippen molar-refractivity contribution in [1.29, 1.82) is 0 Å². The minimum absolute atomic E-state index is 0.0629. The van der Waals surface area contributed by atoms with Crippen LogP contribution >= 0.6 is 0 Å². The molecule has 0 aromatic heterocycles. The van der Waals surface area contributed by atoms with Crippen LogP contribution in [-0.2, 0) is 0 Å². The van der Waals surface area contributed by atoms with E-state index in [9.17, 15) is 4.79 Å². The fraction of sp³-hybridized carbons (Fsp3) is 0.357. The van der Waals surface area contributed by atoms with E-state index in [4.69, 9.17) is 5.11 Å². The van der Waals surface area contributed by atoms with Gasteiger partial charge in [0.05, 0.1) is 12.3 Å².